The van der Waals surface area contributed by atoms with Crippen LogP contribution in [0, 0.1) is 0 Å². The SMILES string of the molecule is CCc1ncc(CN(C)c2ccc(S(N)(=O)=O)c(C(F)(F)F)c2)s1. The van der Waals surface area contributed by atoms with Gasteiger partial charge in [-0.3, -0.25) is 0 Å². The Bertz CT molecular complexity index is 832. The molecule has 0 radical (unpaired) electrons. The van der Waals surface area contributed by atoms with E-state index in [1.165, 1.54) is 17.4 Å². The molecule has 5 nitrogen and oxygen atoms in total. The highest BCUT2D eigenvalue weighted by atomic mass is 32.2. The Hall–Kier alpha value is -1.65. The van der Waals surface area contributed by atoms with Gasteiger partial charge in [0, 0.05) is 23.8 Å². The lowest BCUT2D eigenvalue weighted by molar-refractivity contribution is -0.139. The van der Waals surface area contributed by atoms with Gasteiger partial charge in [0.1, 0.15) is 0 Å². The molecular formula is C14H16F3N3O2S2. The van der Waals surface area contributed by atoms with Gasteiger partial charge in [-0.15, -0.1) is 11.3 Å². The van der Waals surface area contributed by atoms with Gasteiger partial charge in [0.15, 0.2) is 0 Å². The maximum Gasteiger partial charge on any atom is 0.417 e. The molecule has 0 aliphatic rings. The number of primary sulfonamides is 1. The molecular weight excluding hydrogens is 363 g/mol. The van der Waals surface area contributed by atoms with Crippen LogP contribution in [0.5, 0.6) is 0 Å². The maximum atomic E-state index is 13.2. The monoisotopic (exact) mass is 379 g/mol. The molecule has 0 aliphatic carbocycles. The van der Waals surface area contributed by atoms with Crippen LogP contribution in [-0.2, 0) is 29.2 Å². The topological polar surface area (TPSA) is 76.3 Å². The summed E-state index contributed by atoms with van der Waals surface area (Å²) in [5, 5.41) is 5.82. The van der Waals surface area contributed by atoms with Crippen molar-refractivity contribution in [1.29, 1.82) is 0 Å². The number of alkyl halides is 3. The molecule has 10 heteroatoms. The molecule has 0 saturated carbocycles. The second-order valence-electron chi connectivity index (χ2n) is 5.15. The summed E-state index contributed by atoms with van der Waals surface area (Å²) in [7, 11) is -2.84. The summed E-state index contributed by atoms with van der Waals surface area (Å²) in [5.74, 6) is 0. The van der Waals surface area contributed by atoms with E-state index in [4.69, 9.17) is 5.14 Å². The van der Waals surface area contributed by atoms with E-state index in [9.17, 15) is 21.6 Å². The lowest BCUT2D eigenvalue weighted by Gasteiger charge is -2.21. The van der Waals surface area contributed by atoms with Crippen molar-refractivity contribution in [3.8, 4) is 0 Å². The molecule has 0 fully saturated rings. The third-order valence-corrected chi connectivity index (χ3v) is 5.41. The number of aromatic nitrogens is 1. The van der Waals surface area contributed by atoms with Crippen LogP contribution >= 0.6 is 11.3 Å². The second kappa shape index (κ2) is 6.69. The first-order valence-corrected chi connectivity index (χ1v) is 9.27. The van der Waals surface area contributed by atoms with Crippen molar-refractivity contribution in [3.63, 3.8) is 0 Å². The molecule has 1 heterocycles. The minimum absolute atomic E-state index is 0.237. The predicted octanol–water partition coefficient (Wildman–Crippen LogP) is 3.01. The first-order valence-electron chi connectivity index (χ1n) is 6.91. The average molecular weight is 379 g/mol. The second-order valence-corrected chi connectivity index (χ2v) is 7.88. The standard InChI is InChI=1S/C14H16F3N3O2S2/c1-3-13-19-7-10(23-13)8-20(2)9-4-5-12(24(18,21)22)11(6-9)14(15,16)17/h4-7H,3,8H2,1-2H3,(H2,18,21,22). The molecule has 1 aromatic heterocycles. The number of hydrogen-bond acceptors (Lipinski definition) is 5. The van der Waals surface area contributed by atoms with Gasteiger partial charge in [0.2, 0.25) is 10.0 Å². The van der Waals surface area contributed by atoms with E-state index in [0.717, 1.165) is 28.4 Å². The molecule has 2 aromatic rings. The third-order valence-electron chi connectivity index (χ3n) is 3.31. The molecule has 0 spiro atoms. The molecule has 2 rings (SSSR count). The van der Waals surface area contributed by atoms with E-state index in [0.29, 0.717) is 6.54 Å². The third kappa shape index (κ3) is 4.25. The number of halogens is 3. The van der Waals surface area contributed by atoms with Crippen LogP contribution in [0.4, 0.5) is 18.9 Å². The molecule has 0 unspecified atom stereocenters. The van der Waals surface area contributed by atoms with Crippen molar-refractivity contribution < 1.29 is 21.6 Å². The Morgan fingerprint density at radius 3 is 2.50 bits per heavy atom. The first kappa shape index (κ1) is 18.7. The Labute approximate surface area is 142 Å². The van der Waals surface area contributed by atoms with Crippen LogP contribution in [0.15, 0.2) is 29.3 Å². The molecule has 2 N–H and O–H groups in total. The average Bonchev–Trinajstić information content (AvgIpc) is 2.92. The van der Waals surface area contributed by atoms with Crippen molar-refractivity contribution in [1.82, 2.24) is 4.98 Å². The normalized spacial score (nSPS) is 12.4. The molecule has 0 saturated heterocycles. The summed E-state index contributed by atoms with van der Waals surface area (Å²) in [6, 6.07) is 2.98. The summed E-state index contributed by atoms with van der Waals surface area (Å²) < 4.78 is 62.2. The molecule has 0 amide bonds. The number of aryl methyl sites for hydroxylation is 1. The van der Waals surface area contributed by atoms with Crippen LogP contribution < -0.4 is 10.0 Å². The number of benzene rings is 1. The van der Waals surface area contributed by atoms with E-state index in [1.807, 2.05) is 6.92 Å². The lowest BCUT2D eigenvalue weighted by Crippen LogP contribution is -2.21. The summed E-state index contributed by atoms with van der Waals surface area (Å²) in [5.41, 5.74) is -1.03. The first-order chi connectivity index (χ1) is 11.0. The number of nitrogens with two attached hydrogens (primary N) is 1. The van der Waals surface area contributed by atoms with E-state index in [2.05, 4.69) is 4.98 Å². The molecule has 24 heavy (non-hydrogen) atoms. The van der Waals surface area contributed by atoms with E-state index in [1.54, 1.807) is 18.1 Å². The Balaban J connectivity index is 2.37. The fraction of sp³-hybridized carbons (Fsp3) is 0.357. The van der Waals surface area contributed by atoms with Crippen molar-refractivity contribution in [2.24, 2.45) is 5.14 Å². The highest BCUT2D eigenvalue weighted by molar-refractivity contribution is 7.89. The van der Waals surface area contributed by atoms with E-state index in [-0.39, 0.29) is 5.69 Å². The fourth-order valence-corrected chi connectivity index (χ4v) is 3.79. The lowest BCUT2D eigenvalue weighted by atomic mass is 10.2. The minimum Gasteiger partial charge on any atom is -0.369 e. The highest BCUT2D eigenvalue weighted by Crippen LogP contribution is 2.36. The van der Waals surface area contributed by atoms with Crippen LogP contribution in [0.1, 0.15) is 22.4 Å². The van der Waals surface area contributed by atoms with Crippen LogP contribution in [0.25, 0.3) is 0 Å². The van der Waals surface area contributed by atoms with E-state index >= 15 is 0 Å². The summed E-state index contributed by atoms with van der Waals surface area (Å²) in [4.78, 5) is 5.76. The van der Waals surface area contributed by atoms with Gasteiger partial charge in [-0.1, -0.05) is 6.92 Å². The van der Waals surface area contributed by atoms with Gasteiger partial charge in [0.25, 0.3) is 0 Å². The molecule has 0 aliphatic heterocycles. The number of hydrogen-bond donors (Lipinski definition) is 1. The zero-order valence-corrected chi connectivity index (χ0v) is 14.6. The maximum absolute atomic E-state index is 13.2. The minimum atomic E-state index is -4.82. The van der Waals surface area contributed by atoms with Gasteiger partial charge < -0.3 is 4.90 Å². The molecule has 132 valence electrons. The zero-order chi connectivity index (χ0) is 18.1. The number of sulfonamides is 1. The number of anilines is 1. The molecule has 0 bridgehead atoms. The van der Waals surface area contributed by atoms with Gasteiger partial charge in [-0.2, -0.15) is 13.2 Å². The molecule has 0 atom stereocenters. The summed E-state index contributed by atoms with van der Waals surface area (Å²) in [6.07, 6.45) is -2.35. The Morgan fingerprint density at radius 1 is 1.33 bits per heavy atom. The van der Waals surface area contributed by atoms with Crippen molar-refractivity contribution >= 4 is 27.0 Å². The Kier molecular flexibility index (Phi) is 5.21. The van der Waals surface area contributed by atoms with Gasteiger partial charge in [-0.25, -0.2) is 18.5 Å². The fourth-order valence-electron chi connectivity index (χ4n) is 2.13. The highest BCUT2D eigenvalue weighted by Gasteiger charge is 2.36. The quantitative estimate of drug-likeness (QED) is 0.866. The number of rotatable bonds is 5. The predicted molar refractivity (Wildman–Crippen MR) is 86.4 cm³/mol. The zero-order valence-electron chi connectivity index (χ0n) is 13.0. The summed E-state index contributed by atoms with van der Waals surface area (Å²) >= 11 is 1.48. The molecule has 1 aromatic carbocycles. The van der Waals surface area contributed by atoms with Crippen LogP contribution in [0.2, 0.25) is 0 Å². The Morgan fingerprint density at radius 2 is 2.00 bits per heavy atom. The van der Waals surface area contributed by atoms with Crippen LogP contribution in [-0.4, -0.2) is 20.4 Å². The summed E-state index contributed by atoms with van der Waals surface area (Å²) in [6.45, 7) is 2.33. The van der Waals surface area contributed by atoms with Crippen LogP contribution in [0.3, 0.4) is 0 Å². The van der Waals surface area contributed by atoms with Crippen molar-refractivity contribution in [3.05, 3.63) is 39.8 Å². The number of thiazole rings is 1. The van der Waals surface area contributed by atoms with Crippen molar-refractivity contribution in [2.45, 2.75) is 31.0 Å². The number of nitrogens with zero attached hydrogens (tertiary/aromatic N) is 2. The van der Waals surface area contributed by atoms with E-state index < -0.39 is 26.7 Å². The van der Waals surface area contributed by atoms with Gasteiger partial charge in [0.05, 0.1) is 22.0 Å². The van der Waals surface area contributed by atoms with Gasteiger partial charge >= 0.3 is 6.18 Å². The van der Waals surface area contributed by atoms with Gasteiger partial charge in [-0.05, 0) is 24.6 Å². The smallest absolute Gasteiger partial charge is 0.369 e. The largest absolute Gasteiger partial charge is 0.417 e. The van der Waals surface area contributed by atoms with Crippen molar-refractivity contribution in [2.75, 3.05) is 11.9 Å².